The number of hydrogen-bond donors (Lipinski definition) is 2. The summed E-state index contributed by atoms with van der Waals surface area (Å²) in [7, 11) is 1.79. The van der Waals surface area contributed by atoms with E-state index in [1.165, 1.54) is 5.56 Å². The number of fused-ring (bicyclic) bond motifs is 1. The summed E-state index contributed by atoms with van der Waals surface area (Å²) in [4.78, 5) is 30.8. The number of likely N-dealkylation sites (N-methyl/N-ethyl adjacent to an activating group) is 1. The number of nitrogens with one attached hydrogen (secondary N) is 2. The van der Waals surface area contributed by atoms with Crippen molar-refractivity contribution < 1.29 is 9.59 Å². The Kier molecular flexibility index (Phi) is 8.50. The molecule has 0 saturated carbocycles. The third kappa shape index (κ3) is 5.86. The van der Waals surface area contributed by atoms with E-state index in [9.17, 15) is 9.59 Å². The Morgan fingerprint density at radius 2 is 1.84 bits per heavy atom. The lowest BCUT2D eigenvalue weighted by Crippen LogP contribution is -2.58. The van der Waals surface area contributed by atoms with Gasteiger partial charge in [0.2, 0.25) is 11.8 Å². The van der Waals surface area contributed by atoms with E-state index in [-0.39, 0.29) is 29.8 Å². The molecule has 31 heavy (non-hydrogen) atoms. The Morgan fingerprint density at radius 3 is 2.48 bits per heavy atom. The number of hydrogen-bond acceptors (Lipinski definition) is 4. The largest absolute Gasteiger partial charge is 0.343 e. The van der Waals surface area contributed by atoms with Crippen LogP contribution in [0.5, 0.6) is 0 Å². The minimum absolute atomic E-state index is 0.0580. The van der Waals surface area contributed by atoms with E-state index in [4.69, 9.17) is 0 Å². The molecule has 2 heterocycles. The molecule has 3 rings (SSSR count). The minimum Gasteiger partial charge on any atom is -0.343 e. The van der Waals surface area contributed by atoms with Gasteiger partial charge >= 0.3 is 0 Å². The fourth-order valence-corrected chi connectivity index (χ4v) is 5.08. The summed E-state index contributed by atoms with van der Waals surface area (Å²) in [6.07, 6.45) is 3.97. The molecule has 0 spiro atoms. The van der Waals surface area contributed by atoms with Gasteiger partial charge in [0, 0.05) is 25.7 Å². The fourth-order valence-electron chi connectivity index (χ4n) is 5.08. The summed E-state index contributed by atoms with van der Waals surface area (Å²) in [5.41, 5.74) is 1.36. The maximum atomic E-state index is 13.5. The van der Waals surface area contributed by atoms with Crippen LogP contribution in [-0.4, -0.2) is 73.0 Å². The van der Waals surface area contributed by atoms with Gasteiger partial charge in [-0.25, -0.2) is 0 Å². The highest BCUT2D eigenvalue weighted by Gasteiger charge is 2.43. The Labute approximate surface area is 187 Å². The van der Waals surface area contributed by atoms with Gasteiger partial charge in [-0.05, 0) is 56.7 Å². The molecule has 2 aliphatic heterocycles. The number of rotatable bonds is 9. The van der Waals surface area contributed by atoms with E-state index in [1.54, 1.807) is 7.05 Å². The molecule has 2 N–H and O–H groups in total. The molecule has 2 saturated heterocycles. The average Bonchev–Trinajstić information content (AvgIpc) is 3.20. The Bertz CT molecular complexity index is 719. The van der Waals surface area contributed by atoms with Crippen LogP contribution in [0.25, 0.3) is 0 Å². The molecule has 2 fully saturated rings. The molecule has 1 aromatic rings. The van der Waals surface area contributed by atoms with Gasteiger partial charge in [-0.3, -0.25) is 9.59 Å². The number of carbonyl (C=O) groups excluding carboxylic acids is 2. The molecule has 2 amide bonds. The van der Waals surface area contributed by atoms with Crippen molar-refractivity contribution >= 4 is 11.8 Å². The predicted octanol–water partition coefficient (Wildman–Crippen LogP) is 2.29. The first-order chi connectivity index (χ1) is 14.9. The number of amides is 2. The summed E-state index contributed by atoms with van der Waals surface area (Å²) in [6.45, 7) is 9.90. The zero-order valence-corrected chi connectivity index (χ0v) is 19.6. The summed E-state index contributed by atoms with van der Waals surface area (Å²) >= 11 is 0. The molecular weight excluding hydrogens is 388 g/mol. The van der Waals surface area contributed by atoms with Crippen molar-refractivity contribution in [2.75, 3.05) is 33.2 Å². The monoisotopic (exact) mass is 428 g/mol. The third-order valence-corrected chi connectivity index (χ3v) is 7.09. The van der Waals surface area contributed by atoms with Crippen LogP contribution in [0.1, 0.15) is 45.6 Å². The standard InChI is InChI=1S/C25H40N4O2/c1-5-21(26-4)24(30)27-23(18(2)3)25(31)29-16-13-20-12-15-28(17-22(20)29)14-11-19-9-7-6-8-10-19/h6-10,18,20-23,26H,5,11-17H2,1-4H3,(H,27,30)/t20-,21+,22?,23+/m1/s1. The van der Waals surface area contributed by atoms with Gasteiger partial charge in [0.25, 0.3) is 0 Å². The number of nitrogens with zero attached hydrogens (tertiary/aromatic N) is 2. The highest BCUT2D eigenvalue weighted by atomic mass is 16.2. The van der Waals surface area contributed by atoms with Crippen LogP contribution in [0, 0.1) is 11.8 Å². The van der Waals surface area contributed by atoms with E-state index in [0.717, 1.165) is 45.4 Å². The topological polar surface area (TPSA) is 64.7 Å². The van der Waals surface area contributed by atoms with Crippen molar-refractivity contribution in [2.24, 2.45) is 11.8 Å². The molecular formula is C25H40N4O2. The lowest BCUT2D eigenvalue weighted by molar-refractivity contribution is -0.139. The third-order valence-electron chi connectivity index (χ3n) is 7.09. The molecule has 1 aromatic carbocycles. The lowest BCUT2D eigenvalue weighted by atomic mass is 9.91. The maximum absolute atomic E-state index is 13.5. The van der Waals surface area contributed by atoms with E-state index < -0.39 is 6.04 Å². The first-order valence-corrected chi connectivity index (χ1v) is 12.0. The van der Waals surface area contributed by atoms with E-state index in [0.29, 0.717) is 12.3 Å². The van der Waals surface area contributed by atoms with Crippen molar-refractivity contribution in [3.63, 3.8) is 0 Å². The molecule has 0 radical (unpaired) electrons. The van der Waals surface area contributed by atoms with Crippen LogP contribution in [0.2, 0.25) is 0 Å². The number of likely N-dealkylation sites (tertiary alicyclic amines) is 2. The van der Waals surface area contributed by atoms with Crippen LogP contribution >= 0.6 is 0 Å². The molecule has 0 aliphatic carbocycles. The molecule has 0 bridgehead atoms. The molecule has 172 valence electrons. The van der Waals surface area contributed by atoms with Crippen molar-refractivity contribution in [1.82, 2.24) is 20.4 Å². The van der Waals surface area contributed by atoms with Crippen LogP contribution in [0.4, 0.5) is 0 Å². The van der Waals surface area contributed by atoms with Crippen LogP contribution in [0.15, 0.2) is 30.3 Å². The van der Waals surface area contributed by atoms with Gasteiger partial charge < -0.3 is 20.4 Å². The zero-order chi connectivity index (χ0) is 22.4. The summed E-state index contributed by atoms with van der Waals surface area (Å²) in [6, 6.07) is 10.1. The van der Waals surface area contributed by atoms with Crippen molar-refractivity contribution in [2.45, 2.75) is 64.6 Å². The maximum Gasteiger partial charge on any atom is 0.245 e. The number of carbonyl (C=O) groups is 2. The summed E-state index contributed by atoms with van der Waals surface area (Å²) in [5.74, 6) is 0.649. The van der Waals surface area contributed by atoms with E-state index in [2.05, 4.69) is 50.8 Å². The van der Waals surface area contributed by atoms with Gasteiger partial charge in [0.15, 0.2) is 0 Å². The number of benzene rings is 1. The molecule has 6 heteroatoms. The quantitative estimate of drug-likeness (QED) is 0.633. The number of piperidine rings is 1. The molecule has 6 nitrogen and oxygen atoms in total. The van der Waals surface area contributed by atoms with E-state index in [1.807, 2.05) is 20.8 Å². The van der Waals surface area contributed by atoms with Gasteiger partial charge in [-0.15, -0.1) is 0 Å². The first-order valence-electron chi connectivity index (χ1n) is 12.0. The highest BCUT2D eigenvalue weighted by Crippen LogP contribution is 2.32. The second-order valence-electron chi connectivity index (χ2n) is 9.45. The Balaban J connectivity index is 1.62. The lowest BCUT2D eigenvalue weighted by Gasteiger charge is -2.40. The molecule has 2 aliphatic rings. The van der Waals surface area contributed by atoms with Crippen molar-refractivity contribution in [3.05, 3.63) is 35.9 Å². The van der Waals surface area contributed by atoms with Crippen LogP contribution in [-0.2, 0) is 16.0 Å². The average molecular weight is 429 g/mol. The zero-order valence-electron chi connectivity index (χ0n) is 19.6. The minimum atomic E-state index is -0.464. The first kappa shape index (κ1) is 23.7. The molecule has 4 atom stereocenters. The van der Waals surface area contributed by atoms with Gasteiger partial charge in [0.05, 0.1) is 6.04 Å². The second kappa shape index (κ2) is 11.1. The Hall–Kier alpha value is -1.92. The molecule has 0 aromatic heterocycles. The predicted molar refractivity (Wildman–Crippen MR) is 125 cm³/mol. The van der Waals surface area contributed by atoms with Crippen molar-refractivity contribution in [3.8, 4) is 0 Å². The SMILES string of the molecule is CC[C@H](NC)C(=O)N[C@H](C(=O)N1CC[C@H]2CCN(CCc3ccccc3)CC21)C(C)C. The normalized spacial score (nSPS) is 23.5. The summed E-state index contributed by atoms with van der Waals surface area (Å²) < 4.78 is 0. The van der Waals surface area contributed by atoms with Gasteiger partial charge in [-0.2, -0.15) is 0 Å². The highest BCUT2D eigenvalue weighted by molar-refractivity contribution is 5.90. The molecule has 1 unspecified atom stereocenters. The van der Waals surface area contributed by atoms with E-state index >= 15 is 0 Å². The second-order valence-corrected chi connectivity index (χ2v) is 9.45. The van der Waals surface area contributed by atoms with Gasteiger partial charge in [-0.1, -0.05) is 51.1 Å². The summed E-state index contributed by atoms with van der Waals surface area (Å²) in [5, 5.41) is 6.08. The van der Waals surface area contributed by atoms with Crippen LogP contribution < -0.4 is 10.6 Å². The fraction of sp³-hybridized carbons (Fsp3) is 0.680. The Morgan fingerprint density at radius 1 is 1.13 bits per heavy atom. The van der Waals surface area contributed by atoms with Crippen molar-refractivity contribution in [1.29, 1.82) is 0 Å². The smallest absolute Gasteiger partial charge is 0.245 e. The van der Waals surface area contributed by atoms with Gasteiger partial charge in [0.1, 0.15) is 6.04 Å². The van der Waals surface area contributed by atoms with Crippen LogP contribution in [0.3, 0.4) is 0 Å².